The van der Waals surface area contributed by atoms with Crippen LogP contribution < -0.4 is 4.74 Å². The number of ether oxygens (including phenoxy) is 2. The molecule has 8 heteroatoms. The minimum atomic E-state index is -0.395. The second kappa shape index (κ2) is 12.7. The maximum atomic E-state index is 11.8. The topological polar surface area (TPSA) is 88.4 Å². The first-order chi connectivity index (χ1) is 16.9. The first-order valence-electron chi connectivity index (χ1n) is 11.3. The summed E-state index contributed by atoms with van der Waals surface area (Å²) in [5.74, 6) is 1.18. The summed E-state index contributed by atoms with van der Waals surface area (Å²) < 4.78 is 10.8. The molecule has 0 aliphatic rings. The molecule has 182 valence electrons. The van der Waals surface area contributed by atoms with E-state index in [0.717, 1.165) is 33.8 Å². The van der Waals surface area contributed by atoms with E-state index in [0.29, 0.717) is 30.4 Å². The summed E-state index contributed by atoms with van der Waals surface area (Å²) in [6.07, 6.45) is 3.23. The number of carbonyl (C=O) groups excluding carboxylic acids is 1. The van der Waals surface area contributed by atoms with E-state index in [2.05, 4.69) is 22.6 Å². The van der Waals surface area contributed by atoms with Crippen LogP contribution in [0.2, 0.25) is 0 Å². The van der Waals surface area contributed by atoms with Crippen LogP contribution in [0, 0.1) is 12.3 Å². The lowest BCUT2D eigenvalue weighted by atomic mass is 9.98. The van der Waals surface area contributed by atoms with E-state index in [9.17, 15) is 4.79 Å². The third-order valence-electron chi connectivity index (χ3n) is 5.24. The Labute approximate surface area is 211 Å². The van der Waals surface area contributed by atoms with Gasteiger partial charge < -0.3 is 14.4 Å². The molecule has 0 saturated carbocycles. The Kier molecular flexibility index (Phi) is 9.43. The van der Waals surface area contributed by atoms with Gasteiger partial charge in [-0.2, -0.15) is 12.6 Å². The molecule has 0 aliphatic carbocycles. The van der Waals surface area contributed by atoms with E-state index >= 15 is 0 Å². The number of aryl methyl sites for hydroxylation is 1. The summed E-state index contributed by atoms with van der Waals surface area (Å²) in [5, 5.41) is 8.77. The lowest BCUT2D eigenvalue weighted by Crippen LogP contribution is -2.31. The number of pyridine rings is 2. The van der Waals surface area contributed by atoms with Crippen LogP contribution in [0.1, 0.15) is 23.9 Å². The SMILES string of the molecule is C/C=C(\C(=N)c1ccnc(-c2ccc(OCCN(C)C(=O)OCCS)cc2)c1)c1cccc(C)n1. The molecule has 0 radical (unpaired) electrons. The van der Waals surface area contributed by atoms with Gasteiger partial charge in [-0.3, -0.25) is 15.4 Å². The monoisotopic (exact) mass is 490 g/mol. The third kappa shape index (κ3) is 7.16. The minimum Gasteiger partial charge on any atom is -0.492 e. The Hall–Kier alpha value is -3.65. The fourth-order valence-electron chi connectivity index (χ4n) is 3.37. The van der Waals surface area contributed by atoms with Crippen molar-refractivity contribution in [3.05, 3.63) is 83.8 Å². The molecule has 1 amide bonds. The number of likely N-dealkylation sites (N-methyl/N-ethyl adjacent to an activating group) is 1. The van der Waals surface area contributed by atoms with Crippen molar-refractivity contribution in [2.75, 3.05) is 32.6 Å². The summed E-state index contributed by atoms with van der Waals surface area (Å²) in [5.41, 5.74) is 5.29. The van der Waals surface area contributed by atoms with Crippen LogP contribution in [0.4, 0.5) is 4.79 Å². The standard InChI is InChI=1S/C27H30N4O3S/c1-4-23(24-7-5-6-19(2)30-24)26(28)21-12-13-29-25(18-21)20-8-10-22(11-9-20)33-15-14-31(3)27(32)34-16-17-35/h4-13,18,28,35H,14-17H2,1-3H3/b23-4-,28-26?. The maximum Gasteiger partial charge on any atom is 0.409 e. The molecular formula is C27H30N4O3S. The zero-order valence-electron chi connectivity index (χ0n) is 20.2. The van der Waals surface area contributed by atoms with Gasteiger partial charge in [0.1, 0.15) is 19.0 Å². The van der Waals surface area contributed by atoms with E-state index < -0.39 is 6.09 Å². The van der Waals surface area contributed by atoms with Gasteiger partial charge in [0.05, 0.1) is 23.6 Å². The largest absolute Gasteiger partial charge is 0.492 e. The van der Waals surface area contributed by atoms with Gasteiger partial charge in [0.15, 0.2) is 0 Å². The first-order valence-corrected chi connectivity index (χ1v) is 11.9. The number of benzene rings is 1. The fourth-order valence-corrected chi connectivity index (χ4v) is 3.46. The molecule has 0 unspecified atom stereocenters. The number of nitrogens with zero attached hydrogens (tertiary/aromatic N) is 3. The van der Waals surface area contributed by atoms with Crippen molar-refractivity contribution in [1.29, 1.82) is 5.41 Å². The summed E-state index contributed by atoms with van der Waals surface area (Å²) in [4.78, 5) is 22.3. The predicted octanol–water partition coefficient (Wildman–Crippen LogP) is 5.30. The van der Waals surface area contributed by atoms with Crippen molar-refractivity contribution in [1.82, 2.24) is 14.9 Å². The molecule has 7 nitrogen and oxygen atoms in total. The van der Waals surface area contributed by atoms with Crippen LogP contribution in [-0.2, 0) is 4.74 Å². The van der Waals surface area contributed by atoms with Crippen molar-refractivity contribution in [3.8, 4) is 17.0 Å². The van der Waals surface area contributed by atoms with Gasteiger partial charge in [-0.1, -0.05) is 12.1 Å². The molecule has 0 aliphatic heterocycles. The van der Waals surface area contributed by atoms with Crippen molar-refractivity contribution >= 4 is 30.0 Å². The van der Waals surface area contributed by atoms with Crippen LogP contribution in [0.15, 0.2) is 66.9 Å². The highest BCUT2D eigenvalue weighted by Gasteiger charge is 2.13. The number of aromatic nitrogens is 2. The lowest BCUT2D eigenvalue weighted by Gasteiger charge is -2.17. The smallest absolute Gasteiger partial charge is 0.409 e. The van der Waals surface area contributed by atoms with Crippen LogP contribution >= 0.6 is 12.6 Å². The number of allylic oxidation sites excluding steroid dienone is 2. The van der Waals surface area contributed by atoms with Crippen LogP contribution in [-0.4, -0.2) is 59.2 Å². The van der Waals surface area contributed by atoms with Gasteiger partial charge in [0, 0.05) is 41.4 Å². The Balaban J connectivity index is 1.65. The average Bonchev–Trinajstić information content (AvgIpc) is 2.88. The Bertz CT molecular complexity index is 1200. The Morgan fingerprint density at radius 1 is 1.14 bits per heavy atom. The van der Waals surface area contributed by atoms with Gasteiger partial charge in [0.2, 0.25) is 0 Å². The summed E-state index contributed by atoms with van der Waals surface area (Å²) in [7, 11) is 1.66. The van der Waals surface area contributed by atoms with Gasteiger partial charge >= 0.3 is 6.09 Å². The second-order valence-corrected chi connectivity index (χ2v) is 8.25. The number of nitrogens with one attached hydrogen (secondary N) is 1. The normalized spacial score (nSPS) is 11.1. The zero-order chi connectivity index (χ0) is 25.2. The van der Waals surface area contributed by atoms with Crippen LogP contribution in [0.3, 0.4) is 0 Å². The van der Waals surface area contributed by atoms with Crippen molar-refractivity contribution < 1.29 is 14.3 Å². The highest BCUT2D eigenvalue weighted by atomic mass is 32.1. The summed E-state index contributed by atoms with van der Waals surface area (Å²) in [6, 6.07) is 17.1. The van der Waals surface area contributed by atoms with Crippen molar-refractivity contribution in [2.45, 2.75) is 13.8 Å². The van der Waals surface area contributed by atoms with Crippen molar-refractivity contribution in [2.24, 2.45) is 0 Å². The highest BCUT2D eigenvalue weighted by Crippen LogP contribution is 2.24. The predicted molar refractivity (Wildman–Crippen MR) is 142 cm³/mol. The number of carbonyl (C=O) groups is 1. The molecule has 0 bridgehead atoms. The van der Waals surface area contributed by atoms with Crippen molar-refractivity contribution in [3.63, 3.8) is 0 Å². The van der Waals surface area contributed by atoms with E-state index in [1.54, 1.807) is 13.2 Å². The summed E-state index contributed by atoms with van der Waals surface area (Å²) in [6.45, 7) is 4.88. The Morgan fingerprint density at radius 2 is 1.91 bits per heavy atom. The molecule has 3 rings (SSSR count). The Morgan fingerprint density at radius 3 is 2.60 bits per heavy atom. The van der Waals surface area contributed by atoms with E-state index in [1.165, 1.54) is 4.90 Å². The van der Waals surface area contributed by atoms with Crippen LogP contribution in [0.5, 0.6) is 5.75 Å². The molecular weight excluding hydrogens is 460 g/mol. The van der Waals surface area contributed by atoms with Gasteiger partial charge in [-0.15, -0.1) is 0 Å². The highest BCUT2D eigenvalue weighted by molar-refractivity contribution is 7.80. The summed E-state index contributed by atoms with van der Waals surface area (Å²) >= 11 is 4.02. The quantitative estimate of drug-likeness (QED) is 0.297. The third-order valence-corrected chi connectivity index (χ3v) is 5.43. The molecule has 1 aromatic carbocycles. The average molecular weight is 491 g/mol. The molecule has 0 atom stereocenters. The lowest BCUT2D eigenvalue weighted by molar-refractivity contribution is 0.111. The zero-order valence-corrected chi connectivity index (χ0v) is 21.1. The number of hydrogen-bond acceptors (Lipinski definition) is 7. The molecule has 1 N–H and O–H groups in total. The number of hydrogen-bond donors (Lipinski definition) is 2. The number of thiol groups is 1. The molecule has 0 spiro atoms. The fraction of sp³-hybridized carbons (Fsp3) is 0.259. The van der Waals surface area contributed by atoms with E-state index in [1.807, 2.05) is 74.5 Å². The van der Waals surface area contributed by atoms with Gasteiger partial charge in [0.25, 0.3) is 0 Å². The minimum absolute atomic E-state index is 0.280. The number of rotatable bonds is 10. The second-order valence-electron chi connectivity index (χ2n) is 7.80. The van der Waals surface area contributed by atoms with E-state index in [-0.39, 0.29) is 6.61 Å². The molecule has 2 heterocycles. The maximum absolute atomic E-state index is 11.8. The molecule has 0 saturated heterocycles. The number of amides is 1. The van der Waals surface area contributed by atoms with Gasteiger partial charge in [-0.05, 0) is 62.4 Å². The molecule has 0 fully saturated rings. The molecule has 35 heavy (non-hydrogen) atoms. The molecule has 3 aromatic rings. The van der Waals surface area contributed by atoms with Crippen LogP contribution in [0.25, 0.3) is 16.8 Å². The van der Waals surface area contributed by atoms with E-state index in [4.69, 9.17) is 14.9 Å². The molecule has 2 aromatic heterocycles. The first kappa shape index (κ1) is 26.0. The van der Waals surface area contributed by atoms with Gasteiger partial charge in [-0.25, -0.2) is 4.79 Å².